The van der Waals surface area contributed by atoms with Crippen molar-refractivity contribution in [2.24, 2.45) is 0 Å². The van der Waals surface area contributed by atoms with Crippen molar-refractivity contribution in [2.75, 3.05) is 26.1 Å². The number of rotatable bonds is 7. The number of carbonyl (C=O) groups is 2. The third kappa shape index (κ3) is 5.11. The summed E-state index contributed by atoms with van der Waals surface area (Å²) in [5, 5.41) is 3.41. The van der Waals surface area contributed by atoms with Gasteiger partial charge in [0.1, 0.15) is 18.0 Å². The molecular formula is C22H29N3O4S. The van der Waals surface area contributed by atoms with Gasteiger partial charge in [-0.05, 0) is 38.8 Å². The fourth-order valence-electron chi connectivity index (χ4n) is 3.73. The number of aromatic nitrogens is 1. The molecule has 0 aliphatic heterocycles. The zero-order chi connectivity index (χ0) is 21.7. The Balaban J connectivity index is 1.83. The summed E-state index contributed by atoms with van der Waals surface area (Å²) in [6.07, 6.45) is 5.07. The number of ether oxygens (including phenoxy) is 2. The number of carbonyl (C=O) groups excluding carboxylic acids is 2. The molecule has 0 saturated heterocycles. The number of benzene rings is 1. The van der Waals surface area contributed by atoms with Crippen molar-refractivity contribution in [3.63, 3.8) is 0 Å². The molecule has 1 aromatic carbocycles. The molecule has 1 heterocycles. The molecule has 0 unspecified atom stereocenters. The van der Waals surface area contributed by atoms with Gasteiger partial charge in [0.05, 0.1) is 25.5 Å². The van der Waals surface area contributed by atoms with E-state index < -0.39 is 0 Å². The molecule has 1 saturated carbocycles. The van der Waals surface area contributed by atoms with Crippen molar-refractivity contribution in [2.45, 2.75) is 52.0 Å². The van der Waals surface area contributed by atoms with Gasteiger partial charge in [-0.15, -0.1) is 11.3 Å². The average molecular weight is 432 g/mol. The molecular weight excluding hydrogens is 402 g/mol. The van der Waals surface area contributed by atoms with Crippen LogP contribution in [0.25, 0.3) is 0 Å². The Kier molecular flexibility index (Phi) is 7.31. The molecule has 7 nitrogen and oxygen atoms in total. The number of anilines is 1. The lowest BCUT2D eigenvalue weighted by Crippen LogP contribution is -2.45. The number of aryl methyl sites for hydroxylation is 2. The summed E-state index contributed by atoms with van der Waals surface area (Å²) in [6, 6.07) is 5.15. The predicted octanol–water partition coefficient (Wildman–Crippen LogP) is 4.19. The smallest absolute Gasteiger partial charge is 0.258 e. The molecule has 1 aliphatic carbocycles. The summed E-state index contributed by atoms with van der Waals surface area (Å²) in [4.78, 5) is 33.4. The zero-order valence-corrected chi connectivity index (χ0v) is 18.8. The summed E-state index contributed by atoms with van der Waals surface area (Å²) >= 11 is 1.44. The molecule has 3 rings (SSSR count). The van der Waals surface area contributed by atoms with E-state index in [1.807, 2.05) is 13.8 Å². The molecule has 1 aliphatic rings. The summed E-state index contributed by atoms with van der Waals surface area (Å²) in [5.41, 5.74) is 1.33. The number of methoxy groups -OCH3 is 2. The molecule has 1 N–H and O–H groups in total. The molecule has 0 spiro atoms. The predicted molar refractivity (Wildman–Crippen MR) is 118 cm³/mol. The lowest BCUT2D eigenvalue weighted by molar-refractivity contribution is -0.117. The van der Waals surface area contributed by atoms with E-state index >= 15 is 0 Å². The van der Waals surface area contributed by atoms with Crippen molar-refractivity contribution in [1.82, 2.24) is 9.88 Å². The maximum absolute atomic E-state index is 13.5. The highest BCUT2D eigenvalue weighted by Gasteiger charge is 2.30. The van der Waals surface area contributed by atoms with Crippen LogP contribution in [0.5, 0.6) is 11.5 Å². The van der Waals surface area contributed by atoms with Crippen molar-refractivity contribution in [1.29, 1.82) is 0 Å². The Labute approximate surface area is 181 Å². The highest BCUT2D eigenvalue weighted by Crippen LogP contribution is 2.29. The maximum atomic E-state index is 13.5. The van der Waals surface area contributed by atoms with E-state index in [0.29, 0.717) is 22.2 Å². The van der Waals surface area contributed by atoms with Gasteiger partial charge in [-0.3, -0.25) is 9.59 Å². The first-order chi connectivity index (χ1) is 14.4. The summed E-state index contributed by atoms with van der Waals surface area (Å²) in [5.74, 6) is 0.602. The van der Waals surface area contributed by atoms with Gasteiger partial charge in [0.25, 0.3) is 5.91 Å². The van der Waals surface area contributed by atoms with Gasteiger partial charge in [0.15, 0.2) is 5.13 Å². The summed E-state index contributed by atoms with van der Waals surface area (Å²) in [6.45, 7) is 3.86. The molecule has 1 fully saturated rings. The van der Waals surface area contributed by atoms with Crippen LogP contribution in [0.2, 0.25) is 0 Å². The third-order valence-corrected chi connectivity index (χ3v) is 6.49. The number of nitrogens with one attached hydrogen (secondary N) is 1. The van der Waals surface area contributed by atoms with E-state index in [-0.39, 0.29) is 24.4 Å². The van der Waals surface area contributed by atoms with E-state index in [2.05, 4.69) is 10.3 Å². The number of nitrogens with zero attached hydrogens (tertiary/aromatic N) is 2. The minimum absolute atomic E-state index is 0.0175. The van der Waals surface area contributed by atoms with Crippen LogP contribution in [-0.2, 0) is 4.79 Å². The largest absolute Gasteiger partial charge is 0.497 e. The molecule has 2 amide bonds. The zero-order valence-electron chi connectivity index (χ0n) is 18.0. The van der Waals surface area contributed by atoms with Gasteiger partial charge in [0.2, 0.25) is 5.91 Å². The van der Waals surface area contributed by atoms with Crippen molar-refractivity contribution in [3.05, 3.63) is 34.3 Å². The van der Waals surface area contributed by atoms with Crippen LogP contribution >= 0.6 is 11.3 Å². The van der Waals surface area contributed by atoms with Crippen LogP contribution in [0.4, 0.5) is 5.13 Å². The average Bonchev–Trinajstić information content (AvgIpc) is 3.08. The van der Waals surface area contributed by atoms with E-state index in [1.54, 1.807) is 30.2 Å². The summed E-state index contributed by atoms with van der Waals surface area (Å²) in [7, 11) is 3.09. The first-order valence-electron chi connectivity index (χ1n) is 10.2. The normalized spacial score (nSPS) is 14.3. The van der Waals surface area contributed by atoms with Gasteiger partial charge in [-0.2, -0.15) is 0 Å². The minimum atomic E-state index is -0.241. The Morgan fingerprint density at radius 1 is 1.17 bits per heavy atom. The number of thiazole rings is 1. The second kappa shape index (κ2) is 9.93. The second-order valence-electron chi connectivity index (χ2n) is 7.50. The SMILES string of the molecule is COc1ccc(C(=O)N(CC(=O)Nc2nc(C)c(C)s2)C2CCCCC2)c(OC)c1. The Bertz CT molecular complexity index is 886. The molecule has 0 bridgehead atoms. The van der Waals surface area contributed by atoms with Crippen LogP contribution in [0.3, 0.4) is 0 Å². The first kappa shape index (κ1) is 22.1. The Hall–Kier alpha value is -2.61. The topological polar surface area (TPSA) is 80.8 Å². The quantitative estimate of drug-likeness (QED) is 0.711. The first-order valence-corrected chi connectivity index (χ1v) is 11.0. The van der Waals surface area contributed by atoms with Crippen LogP contribution in [0.1, 0.15) is 53.0 Å². The van der Waals surface area contributed by atoms with Crippen LogP contribution in [-0.4, -0.2) is 48.5 Å². The molecule has 162 valence electrons. The number of hydrogen-bond donors (Lipinski definition) is 1. The van der Waals surface area contributed by atoms with E-state index in [4.69, 9.17) is 9.47 Å². The number of hydrogen-bond acceptors (Lipinski definition) is 6. The molecule has 8 heteroatoms. The highest BCUT2D eigenvalue weighted by atomic mass is 32.1. The summed E-state index contributed by atoms with van der Waals surface area (Å²) < 4.78 is 10.7. The minimum Gasteiger partial charge on any atom is -0.497 e. The van der Waals surface area contributed by atoms with Crippen molar-refractivity contribution < 1.29 is 19.1 Å². The maximum Gasteiger partial charge on any atom is 0.258 e. The molecule has 1 aromatic heterocycles. The Morgan fingerprint density at radius 3 is 2.50 bits per heavy atom. The monoisotopic (exact) mass is 431 g/mol. The van der Waals surface area contributed by atoms with Gasteiger partial charge >= 0.3 is 0 Å². The van der Waals surface area contributed by atoms with Gasteiger partial charge in [0, 0.05) is 17.0 Å². The van der Waals surface area contributed by atoms with Gasteiger partial charge < -0.3 is 19.7 Å². The Morgan fingerprint density at radius 2 is 1.90 bits per heavy atom. The molecule has 30 heavy (non-hydrogen) atoms. The highest BCUT2D eigenvalue weighted by molar-refractivity contribution is 7.15. The number of amides is 2. The van der Waals surface area contributed by atoms with Crippen LogP contribution in [0, 0.1) is 13.8 Å². The van der Waals surface area contributed by atoms with Crippen molar-refractivity contribution >= 4 is 28.3 Å². The van der Waals surface area contributed by atoms with Gasteiger partial charge in [-0.25, -0.2) is 4.98 Å². The fourth-order valence-corrected chi connectivity index (χ4v) is 4.56. The lowest BCUT2D eigenvalue weighted by atomic mass is 9.93. The lowest BCUT2D eigenvalue weighted by Gasteiger charge is -2.34. The second-order valence-corrected chi connectivity index (χ2v) is 8.70. The van der Waals surface area contributed by atoms with E-state index in [1.165, 1.54) is 18.4 Å². The fraction of sp³-hybridized carbons (Fsp3) is 0.500. The molecule has 0 radical (unpaired) electrons. The van der Waals surface area contributed by atoms with Gasteiger partial charge in [-0.1, -0.05) is 19.3 Å². The molecule has 0 atom stereocenters. The standard InChI is InChI=1S/C22H29N3O4S/c1-14-15(2)30-22(23-14)24-20(26)13-25(16-8-6-5-7-9-16)21(27)18-11-10-17(28-3)12-19(18)29-4/h10-12,16H,5-9,13H2,1-4H3,(H,23,24,26). The van der Waals surface area contributed by atoms with E-state index in [9.17, 15) is 9.59 Å². The molecule has 2 aromatic rings. The third-order valence-electron chi connectivity index (χ3n) is 5.50. The van der Waals surface area contributed by atoms with Crippen molar-refractivity contribution in [3.8, 4) is 11.5 Å². The van der Waals surface area contributed by atoms with Crippen LogP contribution in [0.15, 0.2) is 18.2 Å². The van der Waals surface area contributed by atoms with E-state index in [0.717, 1.165) is 42.7 Å². The van der Waals surface area contributed by atoms with Crippen LogP contribution < -0.4 is 14.8 Å².